The lowest BCUT2D eigenvalue weighted by atomic mass is 9.81. The first-order valence-corrected chi connectivity index (χ1v) is 11.8. The van der Waals surface area contributed by atoms with Crippen molar-refractivity contribution in [2.75, 3.05) is 26.7 Å². The first kappa shape index (κ1) is 22.3. The topological polar surface area (TPSA) is 75.5 Å². The molecule has 4 rings (SSSR count). The summed E-state index contributed by atoms with van der Waals surface area (Å²) in [5, 5.41) is 13.6. The molecule has 1 saturated heterocycles. The molecule has 3 aromatic rings. The van der Waals surface area contributed by atoms with Gasteiger partial charge in [-0.1, -0.05) is 5.92 Å². The van der Waals surface area contributed by atoms with E-state index in [2.05, 4.69) is 32.8 Å². The molecule has 0 aliphatic carbocycles. The molecule has 3 heterocycles. The van der Waals surface area contributed by atoms with Crippen molar-refractivity contribution in [3.05, 3.63) is 52.6 Å². The molecule has 2 aromatic heterocycles. The summed E-state index contributed by atoms with van der Waals surface area (Å²) in [5.74, 6) is 6.16. The number of hydrogen-bond acceptors (Lipinski definition) is 6. The summed E-state index contributed by atoms with van der Waals surface area (Å²) < 4.78 is 5.37. The molecule has 0 amide bonds. The maximum Gasteiger partial charge on any atom is 0.308 e. The second-order valence-electron chi connectivity index (χ2n) is 8.11. The summed E-state index contributed by atoms with van der Waals surface area (Å²) in [5.41, 5.74) is 2.19. The van der Waals surface area contributed by atoms with Gasteiger partial charge in [-0.3, -0.25) is 14.7 Å². The lowest BCUT2D eigenvalue weighted by Gasteiger charge is -2.35. The van der Waals surface area contributed by atoms with Crippen LogP contribution in [0.3, 0.4) is 0 Å². The number of ether oxygens (including phenoxy) is 1. The van der Waals surface area contributed by atoms with E-state index in [9.17, 15) is 9.90 Å². The highest BCUT2D eigenvalue weighted by atomic mass is 32.1. The molecular weight excluding hydrogens is 422 g/mol. The van der Waals surface area contributed by atoms with Crippen molar-refractivity contribution in [3.8, 4) is 17.6 Å². The van der Waals surface area contributed by atoms with Crippen LogP contribution in [-0.2, 0) is 11.2 Å². The third-order valence-electron chi connectivity index (χ3n) is 6.15. The minimum Gasteiger partial charge on any atom is -0.497 e. The molecular formula is C25H27N3O3S. The van der Waals surface area contributed by atoms with Gasteiger partial charge in [0.25, 0.3) is 0 Å². The van der Waals surface area contributed by atoms with Crippen LogP contribution in [0.4, 0.5) is 0 Å². The van der Waals surface area contributed by atoms with Gasteiger partial charge < -0.3 is 9.84 Å². The standard InChI is InChI=1S/C25H27N3O3S/c1-31-20-7-8-23-21(16-20)18(9-11-26-23)4-2-5-19-10-14-28(17-22(19)25(29)30)13-3-6-24-27-12-15-32-24/h7-9,11-12,15-16,19,22H,2,4-5,10,13-14,17H2,1H3,(H,29,30)/t19-,22+/m1/s1. The lowest BCUT2D eigenvalue weighted by molar-refractivity contribution is -0.146. The molecule has 0 spiro atoms. The van der Waals surface area contributed by atoms with Gasteiger partial charge in [0.15, 0.2) is 5.01 Å². The largest absolute Gasteiger partial charge is 0.497 e. The molecule has 1 aliphatic rings. The second kappa shape index (κ2) is 10.6. The molecule has 1 N–H and O–H groups in total. The Hall–Kier alpha value is -2.95. The second-order valence-corrected chi connectivity index (χ2v) is 9.01. The Morgan fingerprint density at radius 2 is 2.22 bits per heavy atom. The molecule has 7 heteroatoms. The molecule has 1 aliphatic heterocycles. The zero-order valence-corrected chi connectivity index (χ0v) is 19.0. The van der Waals surface area contributed by atoms with E-state index in [-0.39, 0.29) is 11.8 Å². The monoisotopic (exact) mass is 449 g/mol. The number of methoxy groups -OCH3 is 1. The van der Waals surface area contributed by atoms with E-state index in [1.165, 1.54) is 16.9 Å². The Kier molecular flexibility index (Phi) is 7.35. The van der Waals surface area contributed by atoms with E-state index in [0.717, 1.165) is 53.9 Å². The van der Waals surface area contributed by atoms with E-state index in [0.29, 0.717) is 13.1 Å². The van der Waals surface area contributed by atoms with Gasteiger partial charge in [0.2, 0.25) is 0 Å². The van der Waals surface area contributed by atoms with Crippen molar-refractivity contribution in [1.82, 2.24) is 14.9 Å². The zero-order chi connectivity index (χ0) is 22.3. The highest BCUT2D eigenvalue weighted by Gasteiger charge is 2.33. The number of aryl methyl sites for hydroxylation is 1. The molecule has 166 valence electrons. The van der Waals surface area contributed by atoms with Crippen LogP contribution in [0.2, 0.25) is 0 Å². The van der Waals surface area contributed by atoms with Crippen LogP contribution in [0.15, 0.2) is 42.0 Å². The van der Waals surface area contributed by atoms with Crippen molar-refractivity contribution in [2.45, 2.75) is 25.7 Å². The summed E-state index contributed by atoms with van der Waals surface area (Å²) in [4.78, 5) is 22.7. The van der Waals surface area contributed by atoms with Crippen molar-refractivity contribution in [1.29, 1.82) is 0 Å². The number of carboxylic acids is 1. The molecule has 0 radical (unpaired) electrons. The summed E-state index contributed by atoms with van der Waals surface area (Å²) in [6, 6.07) is 7.99. The Labute approximate surface area is 192 Å². The Morgan fingerprint density at radius 3 is 3.00 bits per heavy atom. The number of thiazole rings is 1. The Balaban J connectivity index is 1.34. The first-order valence-electron chi connectivity index (χ1n) is 10.9. The van der Waals surface area contributed by atoms with Gasteiger partial charge in [-0.2, -0.15) is 0 Å². The zero-order valence-electron chi connectivity index (χ0n) is 18.2. The van der Waals surface area contributed by atoms with E-state index >= 15 is 0 Å². The summed E-state index contributed by atoms with van der Waals surface area (Å²) in [6.45, 7) is 2.03. The maximum atomic E-state index is 12.0. The van der Waals surface area contributed by atoms with Gasteiger partial charge in [-0.25, -0.2) is 4.98 Å². The highest BCUT2D eigenvalue weighted by Crippen LogP contribution is 2.30. The normalized spacial score (nSPS) is 18.8. The van der Waals surface area contributed by atoms with Crippen molar-refractivity contribution < 1.29 is 14.6 Å². The molecule has 0 saturated carbocycles. The average molecular weight is 450 g/mol. The number of fused-ring (bicyclic) bond motifs is 1. The highest BCUT2D eigenvalue weighted by molar-refractivity contribution is 7.10. The van der Waals surface area contributed by atoms with Gasteiger partial charge >= 0.3 is 5.97 Å². The quantitative estimate of drug-likeness (QED) is 0.548. The SMILES string of the molecule is COc1ccc2nccc(CCC[C@@H]3CCN(CC#Cc4nccs4)C[C@@H]3C(=O)O)c2c1. The number of piperidine rings is 1. The summed E-state index contributed by atoms with van der Waals surface area (Å²) in [7, 11) is 1.67. The van der Waals surface area contributed by atoms with Gasteiger partial charge in [0.05, 0.1) is 25.1 Å². The molecule has 32 heavy (non-hydrogen) atoms. The van der Waals surface area contributed by atoms with Gasteiger partial charge in [-0.15, -0.1) is 11.3 Å². The van der Waals surface area contributed by atoms with Crippen LogP contribution < -0.4 is 4.74 Å². The fourth-order valence-electron chi connectivity index (χ4n) is 4.43. The lowest BCUT2D eigenvalue weighted by Crippen LogP contribution is -2.44. The molecule has 1 fully saturated rings. The number of nitrogens with zero attached hydrogens (tertiary/aromatic N) is 3. The number of carboxylic acid groups (broad SMARTS) is 1. The van der Waals surface area contributed by atoms with Crippen LogP contribution >= 0.6 is 11.3 Å². The number of aliphatic carboxylic acids is 1. The number of benzene rings is 1. The first-order chi connectivity index (χ1) is 15.6. The smallest absolute Gasteiger partial charge is 0.308 e. The van der Waals surface area contributed by atoms with Crippen molar-refractivity contribution in [2.24, 2.45) is 11.8 Å². The molecule has 0 bridgehead atoms. The number of hydrogen-bond donors (Lipinski definition) is 1. The van der Waals surface area contributed by atoms with Crippen LogP contribution in [0, 0.1) is 23.7 Å². The van der Waals surface area contributed by atoms with Crippen LogP contribution in [-0.4, -0.2) is 52.7 Å². The van der Waals surface area contributed by atoms with E-state index in [4.69, 9.17) is 4.74 Å². The minimum absolute atomic E-state index is 0.193. The number of likely N-dealkylation sites (tertiary alicyclic amines) is 1. The predicted octanol–water partition coefficient (Wildman–Crippen LogP) is 4.10. The Bertz CT molecular complexity index is 1120. The minimum atomic E-state index is -0.702. The average Bonchev–Trinajstić information content (AvgIpc) is 3.33. The van der Waals surface area contributed by atoms with Crippen LogP contribution in [0.1, 0.15) is 29.8 Å². The van der Waals surface area contributed by atoms with E-state index in [1.807, 2.05) is 29.8 Å². The fraction of sp³-hybridized carbons (Fsp3) is 0.400. The van der Waals surface area contributed by atoms with Crippen molar-refractivity contribution >= 4 is 28.2 Å². The number of aromatic nitrogens is 2. The molecule has 1 aromatic carbocycles. The molecule has 0 unspecified atom stereocenters. The summed E-state index contributed by atoms with van der Waals surface area (Å²) in [6.07, 6.45) is 7.23. The fourth-order valence-corrected chi connectivity index (χ4v) is 4.93. The molecule has 2 atom stereocenters. The van der Waals surface area contributed by atoms with Crippen LogP contribution in [0.25, 0.3) is 10.9 Å². The van der Waals surface area contributed by atoms with Gasteiger partial charge in [0.1, 0.15) is 5.75 Å². The predicted molar refractivity (Wildman–Crippen MR) is 126 cm³/mol. The molecule has 6 nitrogen and oxygen atoms in total. The van der Waals surface area contributed by atoms with Crippen molar-refractivity contribution in [3.63, 3.8) is 0 Å². The van der Waals surface area contributed by atoms with Crippen LogP contribution in [0.5, 0.6) is 5.75 Å². The summed E-state index contributed by atoms with van der Waals surface area (Å²) >= 11 is 1.52. The third-order valence-corrected chi connectivity index (χ3v) is 6.84. The third kappa shape index (κ3) is 5.45. The van der Waals surface area contributed by atoms with Gasteiger partial charge in [-0.05, 0) is 73.9 Å². The van der Waals surface area contributed by atoms with E-state index in [1.54, 1.807) is 13.3 Å². The van der Waals surface area contributed by atoms with E-state index < -0.39 is 5.97 Å². The number of rotatable bonds is 7. The number of carbonyl (C=O) groups is 1. The maximum absolute atomic E-state index is 12.0. The van der Waals surface area contributed by atoms with Gasteiger partial charge in [0, 0.05) is 29.7 Å². The Morgan fingerprint density at radius 1 is 1.31 bits per heavy atom. The number of pyridine rings is 1.